The Morgan fingerprint density at radius 1 is 1.05 bits per heavy atom. The number of carbonyl (C=O) groups is 1. The first-order chi connectivity index (χ1) is 17.9. The van der Waals surface area contributed by atoms with Gasteiger partial charge in [0.25, 0.3) is 0 Å². The van der Waals surface area contributed by atoms with Gasteiger partial charge in [-0.25, -0.2) is 19.7 Å². The van der Waals surface area contributed by atoms with E-state index in [2.05, 4.69) is 55.6 Å². The van der Waals surface area contributed by atoms with Crippen molar-refractivity contribution >= 4 is 55.7 Å². The van der Waals surface area contributed by atoms with Crippen molar-refractivity contribution in [3.05, 3.63) is 54.4 Å². The SMILES string of the molecule is C[C@H]1CN(C)CCN1C(=O)Nc1cc2c(Nc3ccc4ncsc4c3)ncnc2cc1-c1ccn(C)n1. The maximum absolute atomic E-state index is 13.4. The quantitative estimate of drug-likeness (QED) is 0.363. The molecule has 1 fully saturated rings. The van der Waals surface area contributed by atoms with Gasteiger partial charge in [0.2, 0.25) is 0 Å². The fraction of sp³-hybridized carbons (Fsp3) is 0.269. The Balaban J connectivity index is 1.40. The lowest BCUT2D eigenvalue weighted by Crippen LogP contribution is -2.54. The van der Waals surface area contributed by atoms with Gasteiger partial charge in [-0.15, -0.1) is 11.3 Å². The molecule has 0 spiro atoms. The number of likely N-dealkylation sites (N-methyl/N-ethyl adjacent to an activating group) is 1. The highest BCUT2D eigenvalue weighted by Gasteiger charge is 2.26. The van der Waals surface area contributed by atoms with Crippen LogP contribution < -0.4 is 10.6 Å². The van der Waals surface area contributed by atoms with Crippen LogP contribution in [0.1, 0.15) is 6.92 Å². The zero-order valence-electron chi connectivity index (χ0n) is 20.8. The third-order valence-electron chi connectivity index (χ3n) is 6.69. The van der Waals surface area contributed by atoms with Gasteiger partial charge in [-0.3, -0.25) is 4.68 Å². The fourth-order valence-electron chi connectivity index (χ4n) is 4.77. The van der Waals surface area contributed by atoms with Gasteiger partial charge in [-0.05, 0) is 50.4 Å². The Bertz CT molecular complexity index is 1610. The van der Waals surface area contributed by atoms with Crippen molar-refractivity contribution in [2.75, 3.05) is 37.3 Å². The van der Waals surface area contributed by atoms with Crippen LogP contribution in [0.15, 0.2) is 54.4 Å². The van der Waals surface area contributed by atoms with E-state index in [-0.39, 0.29) is 12.1 Å². The molecular weight excluding hydrogens is 486 g/mol. The van der Waals surface area contributed by atoms with Crippen LogP contribution in [0.4, 0.5) is 22.0 Å². The molecule has 1 saturated heterocycles. The Kier molecular flexibility index (Phi) is 5.93. The number of urea groups is 1. The van der Waals surface area contributed by atoms with Crippen molar-refractivity contribution in [3.8, 4) is 11.3 Å². The molecule has 1 atom stereocenters. The summed E-state index contributed by atoms with van der Waals surface area (Å²) in [6.45, 7) is 4.43. The van der Waals surface area contributed by atoms with Crippen LogP contribution in [0.2, 0.25) is 0 Å². The number of nitrogens with zero attached hydrogens (tertiary/aromatic N) is 7. The molecule has 1 aliphatic rings. The number of aryl methyl sites for hydroxylation is 1. The number of fused-ring (bicyclic) bond motifs is 2. The summed E-state index contributed by atoms with van der Waals surface area (Å²) in [4.78, 5) is 30.9. The largest absolute Gasteiger partial charge is 0.340 e. The number of rotatable bonds is 4. The van der Waals surface area contributed by atoms with E-state index in [0.29, 0.717) is 18.1 Å². The molecule has 11 heteroatoms. The predicted octanol–water partition coefficient (Wildman–Crippen LogP) is 4.55. The normalized spacial score (nSPS) is 16.4. The number of carbonyl (C=O) groups excluding carboxylic acids is 1. The highest BCUT2D eigenvalue weighted by Crippen LogP contribution is 2.35. The van der Waals surface area contributed by atoms with Gasteiger partial charge in [-0.2, -0.15) is 5.10 Å². The fourth-order valence-corrected chi connectivity index (χ4v) is 5.49. The predicted molar refractivity (Wildman–Crippen MR) is 147 cm³/mol. The first kappa shape index (κ1) is 23.3. The lowest BCUT2D eigenvalue weighted by Gasteiger charge is -2.38. The first-order valence-electron chi connectivity index (χ1n) is 12.1. The summed E-state index contributed by atoms with van der Waals surface area (Å²) < 4.78 is 2.84. The molecule has 4 heterocycles. The van der Waals surface area contributed by atoms with Gasteiger partial charge >= 0.3 is 6.03 Å². The van der Waals surface area contributed by atoms with Crippen molar-refractivity contribution in [1.82, 2.24) is 34.5 Å². The molecule has 10 nitrogen and oxygen atoms in total. The summed E-state index contributed by atoms with van der Waals surface area (Å²) in [7, 11) is 3.95. The molecule has 0 radical (unpaired) electrons. The summed E-state index contributed by atoms with van der Waals surface area (Å²) in [5, 5.41) is 12.0. The number of piperazine rings is 1. The summed E-state index contributed by atoms with van der Waals surface area (Å²) in [5.74, 6) is 0.657. The lowest BCUT2D eigenvalue weighted by molar-refractivity contribution is 0.125. The molecule has 5 aromatic rings. The van der Waals surface area contributed by atoms with Crippen molar-refractivity contribution in [3.63, 3.8) is 0 Å². The number of benzene rings is 2. The molecule has 2 N–H and O–H groups in total. The first-order valence-corrected chi connectivity index (χ1v) is 13.0. The topological polar surface area (TPSA) is 104 Å². The van der Waals surface area contributed by atoms with Crippen molar-refractivity contribution in [1.29, 1.82) is 0 Å². The minimum absolute atomic E-state index is 0.111. The number of nitrogens with one attached hydrogen (secondary N) is 2. The minimum Gasteiger partial charge on any atom is -0.340 e. The molecule has 37 heavy (non-hydrogen) atoms. The number of thiazole rings is 1. The maximum atomic E-state index is 13.4. The molecule has 2 amide bonds. The van der Waals surface area contributed by atoms with E-state index >= 15 is 0 Å². The van der Waals surface area contributed by atoms with Gasteiger partial charge < -0.3 is 20.4 Å². The second-order valence-corrected chi connectivity index (χ2v) is 10.3. The molecule has 0 aliphatic carbocycles. The van der Waals surface area contributed by atoms with Crippen molar-refractivity contribution in [2.45, 2.75) is 13.0 Å². The van der Waals surface area contributed by atoms with Crippen LogP contribution in [-0.2, 0) is 7.05 Å². The second-order valence-electron chi connectivity index (χ2n) is 9.41. The Hall–Kier alpha value is -4.09. The Morgan fingerprint density at radius 3 is 2.76 bits per heavy atom. The van der Waals surface area contributed by atoms with Gasteiger partial charge in [0, 0.05) is 55.6 Å². The van der Waals surface area contributed by atoms with Gasteiger partial charge in [-0.1, -0.05) is 0 Å². The number of aromatic nitrogens is 5. The van der Waals surface area contributed by atoms with Crippen LogP contribution in [0.5, 0.6) is 0 Å². The Labute approximate surface area is 218 Å². The molecule has 0 unspecified atom stereocenters. The van der Waals surface area contributed by atoms with E-state index in [1.165, 1.54) is 0 Å². The van der Waals surface area contributed by atoms with Crippen LogP contribution in [0, 0.1) is 0 Å². The van der Waals surface area contributed by atoms with Gasteiger partial charge in [0.1, 0.15) is 12.1 Å². The number of amides is 2. The molecule has 0 bridgehead atoms. The van der Waals surface area contributed by atoms with Crippen molar-refractivity contribution < 1.29 is 4.79 Å². The third kappa shape index (κ3) is 4.58. The summed E-state index contributed by atoms with van der Waals surface area (Å²) >= 11 is 1.59. The average Bonchev–Trinajstić information content (AvgIpc) is 3.52. The molecule has 3 aromatic heterocycles. The van der Waals surface area contributed by atoms with E-state index < -0.39 is 0 Å². The molecule has 188 valence electrons. The number of hydrogen-bond donors (Lipinski definition) is 2. The zero-order valence-corrected chi connectivity index (χ0v) is 21.7. The van der Waals surface area contributed by atoms with Crippen LogP contribution in [-0.4, -0.2) is 73.3 Å². The van der Waals surface area contributed by atoms with Crippen LogP contribution >= 0.6 is 11.3 Å². The lowest BCUT2D eigenvalue weighted by atomic mass is 10.1. The van der Waals surface area contributed by atoms with Gasteiger partial charge in [0.05, 0.1) is 32.6 Å². The zero-order chi connectivity index (χ0) is 25.5. The van der Waals surface area contributed by atoms with E-state index in [4.69, 9.17) is 0 Å². The Morgan fingerprint density at radius 2 is 1.95 bits per heavy atom. The second kappa shape index (κ2) is 9.41. The summed E-state index contributed by atoms with van der Waals surface area (Å²) in [6.07, 6.45) is 3.43. The smallest absolute Gasteiger partial charge is 0.322 e. The molecule has 2 aromatic carbocycles. The maximum Gasteiger partial charge on any atom is 0.322 e. The van der Waals surface area contributed by atoms with Gasteiger partial charge in [0.15, 0.2) is 0 Å². The van der Waals surface area contributed by atoms with Crippen LogP contribution in [0.25, 0.3) is 32.4 Å². The molecule has 0 saturated carbocycles. The van der Waals surface area contributed by atoms with E-state index in [1.54, 1.807) is 22.3 Å². The summed E-state index contributed by atoms with van der Waals surface area (Å²) in [5.41, 5.74) is 6.69. The molecule has 1 aliphatic heterocycles. The summed E-state index contributed by atoms with van der Waals surface area (Å²) in [6, 6.07) is 11.8. The van der Waals surface area contributed by atoms with E-state index in [0.717, 1.165) is 51.2 Å². The van der Waals surface area contributed by atoms with E-state index in [9.17, 15) is 4.79 Å². The average molecular weight is 514 g/mol. The highest BCUT2D eigenvalue weighted by atomic mass is 32.1. The molecular formula is C26H27N9OS. The minimum atomic E-state index is -0.126. The number of anilines is 3. The highest BCUT2D eigenvalue weighted by molar-refractivity contribution is 7.16. The number of hydrogen-bond acceptors (Lipinski definition) is 8. The standard InChI is InChI=1S/C26H27N9OS/c1-16-13-33(2)8-9-35(16)26(36)31-23-12-19-22(11-18(23)20-6-7-34(3)32-20)27-14-28-25(19)30-17-4-5-21-24(10-17)37-15-29-21/h4-7,10-12,14-16H,8-9,13H2,1-3H3,(H,31,36)(H,27,28,30)/t16-/m0/s1. The van der Waals surface area contributed by atoms with Crippen molar-refractivity contribution in [2.24, 2.45) is 7.05 Å². The van der Waals surface area contributed by atoms with Crippen LogP contribution in [0.3, 0.4) is 0 Å². The monoisotopic (exact) mass is 513 g/mol. The van der Waals surface area contributed by atoms with E-state index in [1.807, 2.05) is 54.0 Å². The third-order valence-corrected chi connectivity index (χ3v) is 7.48. The molecule has 6 rings (SSSR count).